The summed E-state index contributed by atoms with van der Waals surface area (Å²) in [5.41, 5.74) is 6.88. The van der Waals surface area contributed by atoms with Crippen molar-refractivity contribution in [3.63, 3.8) is 0 Å². The maximum atomic E-state index is 9.25. The highest BCUT2D eigenvalue weighted by Crippen LogP contribution is 2.30. The summed E-state index contributed by atoms with van der Waals surface area (Å²) in [6.45, 7) is 9.06. The molecule has 4 N–H and O–H groups in total. The van der Waals surface area contributed by atoms with Crippen molar-refractivity contribution in [2.75, 3.05) is 18.5 Å². The van der Waals surface area contributed by atoms with Gasteiger partial charge in [-0.25, -0.2) is 0 Å². The lowest BCUT2D eigenvalue weighted by atomic mass is 9.79. The largest absolute Gasteiger partial charge is 0.491 e. The molecule has 0 saturated heterocycles. The summed E-state index contributed by atoms with van der Waals surface area (Å²) in [7, 11) is 0. The molecular formula is C18H31N3O2. The highest BCUT2D eigenvalue weighted by Gasteiger charge is 2.25. The molecule has 0 fully saturated rings. The summed E-state index contributed by atoms with van der Waals surface area (Å²) in [6, 6.07) is 7.65. The minimum absolute atomic E-state index is 0.0238. The van der Waals surface area contributed by atoms with Gasteiger partial charge in [-0.3, -0.25) is 4.99 Å². The van der Waals surface area contributed by atoms with Crippen molar-refractivity contribution in [1.82, 2.24) is 0 Å². The summed E-state index contributed by atoms with van der Waals surface area (Å²) >= 11 is 0. The van der Waals surface area contributed by atoms with E-state index in [1.807, 2.05) is 38.1 Å². The van der Waals surface area contributed by atoms with Crippen molar-refractivity contribution in [2.45, 2.75) is 53.1 Å². The van der Waals surface area contributed by atoms with E-state index >= 15 is 0 Å². The predicted molar refractivity (Wildman–Crippen MR) is 97.0 cm³/mol. The summed E-state index contributed by atoms with van der Waals surface area (Å²) < 4.78 is 5.61. The Bertz CT molecular complexity index is 480. The highest BCUT2D eigenvalue weighted by atomic mass is 16.5. The molecule has 1 aromatic carbocycles. The maximum absolute atomic E-state index is 9.25. The summed E-state index contributed by atoms with van der Waals surface area (Å²) in [4.78, 5) is 4.46. The van der Waals surface area contributed by atoms with Crippen molar-refractivity contribution >= 4 is 11.6 Å². The van der Waals surface area contributed by atoms with Crippen molar-refractivity contribution in [2.24, 2.45) is 16.1 Å². The number of aliphatic hydroxyl groups is 1. The second kappa shape index (κ2) is 9.40. The third kappa shape index (κ3) is 6.48. The van der Waals surface area contributed by atoms with Crippen molar-refractivity contribution in [3.8, 4) is 5.75 Å². The third-order valence-corrected chi connectivity index (χ3v) is 4.23. The molecule has 0 atom stereocenters. The van der Waals surface area contributed by atoms with E-state index in [9.17, 15) is 5.11 Å². The zero-order valence-corrected chi connectivity index (χ0v) is 14.8. The van der Waals surface area contributed by atoms with Crippen molar-refractivity contribution in [3.05, 3.63) is 24.3 Å². The Morgan fingerprint density at radius 1 is 1.26 bits per heavy atom. The monoisotopic (exact) mass is 321 g/mol. The van der Waals surface area contributed by atoms with E-state index in [-0.39, 0.29) is 18.1 Å². The van der Waals surface area contributed by atoms with Gasteiger partial charge in [-0.1, -0.05) is 13.8 Å². The molecule has 0 unspecified atom stereocenters. The second-order valence-corrected chi connectivity index (χ2v) is 6.20. The van der Waals surface area contributed by atoms with Gasteiger partial charge < -0.3 is 20.9 Å². The fourth-order valence-corrected chi connectivity index (χ4v) is 2.47. The number of hydrogen-bond acceptors (Lipinski definition) is 3. The minimum Gasteiger partial charge on any atom is -0.491 e. The van der Waals surface area contributed by atoms with Gasteiger partial charge in [-0.05, 0) is 62.8 Å². The van der Waals surface area contributed by atoms with Crippen molar-refractivity contribution in [1.29, 1.82) is 0 Å². The quantitative estimate of drug-likeness (QED) is 0.481. The molecule has 5 heteroatoms. The Hall–Kier alpha value is -1.75. The van der Waals surface area contributed by atoms with Gasteiger partial charge in [0, 0.05) is 18.8 Å². The molecule has 0 bridgehead atoms. The molecular weight excluding hydrogens is 290 g/mol. The Kier molecular flexibility index (Phi) is 7.89. The molecule has 0 heterocycles. The van der Waals surface area contributed by atoms with Crippen LogP contribution in [0.25, 0.3) is 0 Å². The Labute approximate surface area is 140 Å². The van der Waals surface area contributed by atoms with Crippen LogP contribution in [-0.2, 0) is 0 Å². The van der Waals surface area contributed by atoms with Gasteiger partial charge in [0.15, 0.2) is 5.96 Å². The Balaban J connectivity index is 2.65. The summed E-state index contributed by atoms with van der Waals surface area (Å²) in [5.74, 6) is 1.23. The van der Waals surface area contributed by atoms with Crippen LogP contribution in [0.15, 0.2) is 29.3 Å². The Morgan fingerprint density at radius 2 is 1.87 bits per heavy atom. The van der Waals surface area contributed by atoms with E-state index in [4.69, 9.17) is 10.5 Å². The highest BCUT2D eigenvalue weighted by molar-refractivity contribution is 5.92. The average Bonchev–Trinajstić information content (AvgIpc) is 2.53. The normalized spacial score (nSPS) is 12.5. The van der Waals surface area contributed by atoms with Gasteiger partial charge in [-0.2, -0.15) is 0 Å². The average molecular weight is 321 g/mol. The number of hydrogen-bond donors (Lipinski definition) is 3. The predicted octanol–water partition coefficient (Wildman–Crippen LogP) is 3.39. The smallest absolute Gasteiger partial charge is 0.193 e. The van der Waals surface area contributed by atoms with Gasteiger partial charge in [-0.15, -0.1) is 0 Å². The molecule has 23 heavy (non-hydrogen) atoms. The first-order chi connectivity index (χ1) is 10.9. The molecule has 0 amide bonds. The van der Waals surface area contributed by atoms with Crippen LogP contribution < -0.4 is 15.8 Å². The molecule has 1 aromatic rings. The van der Waals surface area contributed by atoms with Crippen LogP contribution in [0.1, 0.15) is 47.0 Å². The number of nitrogens with one attached hydrogen (secondary N) is 1. The molecule has 0 radical (unpaired) electrons. The number of aliphatic imine (C=N–C) groups is 1. The Morgan fingerprint density at radius 3 is 2.35 bits per heavy atom. The number of anilines is 1. The van der Waals surface area contributed by atoms with E-state index in [0.717, 1.165) is 30.7 Å². The lowest BCUT2D eigenvalue weighted by Gasteiger charge is -2.29. The molecule has 130 valence electrons. The molecule has 0 aliphatic carbocycles. The van der Waals surface area contributed by atoms with Gasteiger partial charge >= 0.3 is 0 Å². The van der Waals surface area contributed by atoms with E-state index in [1.54, 1.807) is 0 Å². The van der Waals surface area contributed by atoms with Crippen LogP contribution in [0.3, 0.4) is 0 Å². The number of benzene rings is 1. The molecule has 0 aliphatic heterocycles. The maximum Gasteiger partial charge on any atom is 0.193 e. The number of ether oxygens (including phenoxy) is 1. The van der Waals surface area contributed by atoms with Crippen LogP contribution in [0, 0.1) is 5.41 Å². The van der Waals surface area contributed by atoms with Gasteiger partial charge in [0.1, 0.15) is 5.75 Å². The summed E-state index contributed by atoms with van der Waals surface area (Å²) in [6.07, 6.45) is 2.85. The first kappa shape index (κ1) is 19.3. The van der Waals surface area contributed by atoms with Crippen LogP contribution >= 0.6 is 0 Å². The van der Waals surface area contributed by atoms with E-state index in [0.29, 0.717) is 12.5 Å². The van der Waals surface area contributed by atoms with Crippen LogP contribution in [-0.4, -0.2) is 30.3 Å². The standard InChI is InChI=1S/C18H31N3O2/c1-5-18(6-2,11-12-22)13-20-17(19)21-15-7-9-16(10-8-15)23-14(3)4/h7-10,14,22H,5-6,11-13H2,1-4H3,(H3,19,20,21). The van der Waals surface area contributed by atoms with Gasteiger partial charge in [0.25, 0.3) is 0 Å². The number of aliphatic hydroxyl groups excluding tert-OH is 1. The lowest BCUT2D eigenvalue weighted by molar-refractivity contribution is 0.175. The zero-order valence-electron chi connectivity index (χ0n) is 14.8. The fraction of sp³-hybridized carbons (Fsp3) is 0.611. The van der Waals surface area contributed by atoms with Crippen LogP contribution in [0.5, 0.6) is 5.75 Å². The zero-order chi connectivity index (χ0) is 17.3. The van der Waals surface area contributed by atoms with Gasteiger partial charge in [0.2, 0.25) is 0 Å². The number of rotatable bonds is 9. The summed E-state index contributed by atoms with van der Waals surface area (Å²) in [5, 5.41) is 12.3. The van der Waals surface area contributed by atoms with Crippen LogP contribution in [0.4, 0.5) is 5.69 Å². The molecule has 0 aliphatic rings. The van der Waals surface area contributed by atoms with Crippen molar-refractivity contribution < 1.29 is 9.84 Å². The lowest BCUT2D eigenvalue weighted by Crippen LogP contribution is -2.29. The number of nitrogens with two attached hydrogens (primary N) is 1. The third-order valence-electron chi connectivity index (χ3n) is 4.23. The first-order valence-corrected chi connectivity index (χ1v) is 8.39. The molecule has 5 nitrogen and oxygen atoms in total. The minimum atomic E-state index is 0.0238. The number of nitrogens with zero attached hydrogens (tertiary/aromatic N) is 1. The molecule has 1 rings (SSSR count). The van der Waals surface area contributed by atoms with Gasteiger partial charge in [0.05, 0.1) is 6.10 Å². The fourth-order valence-electron chi connectivity index (χ4n) is 2.47. The van der Waals surface area contributed by atoms with E-state index in [1.165, 1.54) is 0 Å². The second-order valence-electron chi connectivity index (χ2n) is 6.20. The van der Waals surface area contributed by atoms with E-state index in [2.05, 4.69) is 24.2 Å². The SMILES string of the molecule is CCC(CC)(CCO)CN=C(N)Nc1ccc(OC(C)C)cc1. The van der Waals surface area contributed by atoms with E-state index < -0.39 is 0 Å². The molecule has 0 aromatic heterocycles. The first-order valence-electron chi connectivity index (χ1n) is 8.39. The molecule has 0 spiro atoms. The topological polar surface area (TPSA) is 79.9 Å². The number of guanidine groups is 1. The van der Waals surface area contributed by atoms with Crippen LogP contribution in [0.2, 0.25) is 0 Å². The molecule has 0 saturated carbocycles.